The minimum Gasteiger partial charge on any atom is -0.466 e. The lowest BCUT2D eigenvalue weighted by Gasteiger charge is -2.31. The van der Waals surface area contributed by atoms with Gasteiger partial charge >= 0.3 is 5.97 Å². The van der Waals surface area contributed by atoms with Crippen molar-refractivity contribution in [2.24, 2.45) is 17.8 Å². The standard InChI is InChI=1S/C33H50O7/c1-4-5-8-15-25(2)29(39-32-18-11-13-22-37-32)21-20-27-26(16-9-6-7-10-17-31(35)36-3)28(34)24-30(27)40-33-19-12-14-23-38-33/h6-7,10,17,20-21,25-30,32-34H,4,9,11-16,18-19,22-24H2,1-3H3/t25-,26+,27+,28-,29+,30+,32?,33?/m0/s1. The molecule has 8 atom stereocenters. The van der Waals surface area contributed by atoms with Crippen LogP contribution in [-0.4, -0.2) is 62.3 Å². The Morgan fingerprint density at radius 2 is 1.82 bits per heavy atom. The fourth-order valence-corrected chi connectivity index (χ4v) is 5.65. The molecular formula is C33H50O7. The molecular weight excluding hydrogens is 508 g/mol. The predicted molar refractivity (Wildman–Crippen MR) is 155 cm³/mol. The lowest BCUT2D eigenvalue weighted by molar-refractivity contribution is -0.193. The Balaban J connectivity index is 1.73. The van der Waals surface area contributed by atoms with Gasteiger partial charge < -0.3 is 28.8 Å². The van der Waals surface area contributed by atoms with Crippen molar-refractivity contribution in [3.05, 3.63) is 36.5 Å². The summed E-state index contributed by atoms with van der Waals surface area (Å²) in [6.45, 7) is 5.70. The van der Waals surface area contributed by atoms with Crippen LogP contribution in [0.5, 0.6) is 0 Å². The summed E-state index contributed by atoms with van der Waals surface area (Å²) >= 11 is 0. The van der Waals surface area contributed by atoms with E-state index in [-0.39, 0.29) is 48.5 Å². The molecule has 1 N–H and O–H groups in total. The van der Waals surface area contributed by atoms with Crippen LogP contribution in [0.4, 0.5) is 0 Å². The number of rotatable bonds is 13. The highest BCUT2D eigenvalue weighted by Gasteiger charge is 2.42. The first-order valence-corrected chi connectivity index (χ1v) is 15.3. The van der Waals surface area contributed by atoms with Gasteiger partial charge in [-0.15, -0.1) is 11.8 Å². The molecule has 3 fully saturated rings. The van der Waals surface area contributed by atoms with Crippen molar-refractivity contribution in [1.82, 2.24) is 0 Å². The molecule has 2 unspecified atom stereocenters. The molecule has 0 aromatic carbocycles. The van der Waals surface area contributed by atoms with Crippen molar-refractivity contribution >= 4 is 5.97 Å². The summed E-state index contributed by atoms with van der Waals surface area (Å²) in [6.07, 6.45) is 20.1. The second-order valence-corrected chi connectivity index (χ2v) is 11.1. The largest absolute Gasteiger partial charge is 0.466 e. The number of carbonyl (C=O) groups is 1. The first kappa shape index (κ1) is 32.6. The van der Waals surface area contributed by atoms with Crippen LogP contribution in [0.3, 0.4) is 0 Å². The molecule has 0 amide bonds. The molecule has 0 spiro atoms. The molecule has 0 aromatic heterocycles. The van der Waals surface area contributed by atoms with Crippen LogP contribution < -0.4 is 0 Å². The van der Waals surface area contributed by atoms with Gasteiger partial charge in [0.2, 0.25) is 0 Å². The van der Waals surface area contributed by atoms with Gasteiger partial charge in [0.15, 0.2) is 12.6 Å². The predicted octanol–water partition coefficient (Wildman–Crippen LogP) is 5.87. The van der Waals surface area contributed by atoms with Gasteiger partial charge in [0.05, 0.1) is 25.4 Å². The number of ether oxygens (including phenoxy) is 5. The molecule has 7 nitrogen and oxygen atoms in total. The van der Waals surface area contributed by atoms with Crippen molar-refractivity contribution in [1.29, 1.82) is 0 Å². The summed E-state index contributed by atoms with van der Waals surface area (Å²) in [5, 5.41) is 11.1. The first-order valence-electron chi connectivity index (χ1n) is 15.3. The quantitative estimate of drug-likeness (QED) is 0.0995. The molecule has 1 saturated carbocycles. The van der Waals surface area contributed by atoms with Crippen LogP contribution in [-0.2, 0) is 28.5 Å². The lowest BCUT2D eigenvalue weighted by atomic mass is 9.88. The fourth-order valence-electron chi connectivity index (χ4n) is 5.65. The summed E-state index contributed by atoms with van der Waals surface area (Å²) in [5.74, 6) is 6.37. The minimum absolute atomic E-state index is 0.0341. The van der Waals surface area contributed by atoms with Crippen molar-refractivity contribution in [2.75, 3.05) is 20.3 Å². The third-order valence-electron chi connectivity index (χ3n) is 7.96. The van der Waals surface area contributed by atoms with Gasteiger partial charge in [0, 0.05) is 44.5 Å². The van der Waals surface area contributed by atoms with E-state index < -0.39 is 6.10 Å². The number of allylic oxidation sites excluding steroid dienone is 3. The Kier molecular flexibility index (Phi) is 15.0. The number of hydrogen-bond acceptors (Lipinski definition) is 7. The number of aliphatic hydroxyl groups is 1. The Hall–Kier alpha value is -1.95. The zero-order valence-corrected chi connectivity index (χ0v) is 24.7. The van der Waals surface area contributed by atoms with Crippen molar-refractivity contribution in [3.8, 4) is 11.8 Å². The average molecular weight is 559 g/mol. The van der Waals surface area contributed by atoms with Crippen LogP contribution in [0, 0.1) is 29.6 Å². The van der Waals surface area contributed by atoms with Crippen molar-refractivity contribution < 1.29 is 33.6 Å². The molecule has 224 valence electrons. The molecule has 0 bridgehead atoms. The maximum atomic E-state index is 11.3. The maximum Gasteiger partial charge on any atom is 0.330 e. The Labute approximate surface area is 241 Å². The summed E-state index contributed by atoms with van der Waals surface area (Å²) in [6, 6.07) is 0. The second-order valence-electron chi connectivity index (χ2n) is 11.1. The molecule has 2 saturated heterocycles. The SMILES string of the molecule is CCC#CC[C@H](C)[C@@H](C=C[C@@H]1[C@@H](CCC=CC=CC(=O)OC)[C@@H](O)C[C@H]1OC1CCCCO1)OC1CCCCO1. The van der Waals surface area contributed by atoms with Gasteiger partial charge in [0.25, 0.3) is 0 Å². The zero-order chi connectivity index (χ0) is 28.6. The molecule has 3 aliphatic rings. The summed E-state index contributed by atoms with van der Waals surface area (Å²) in [4.78, 5) is 11.3. The van der Waals surface area contributed by atoms with Gasteiger partial charge in [0.1, 0.15) is 0 Å². The monoisotopic (exact) mass is 558 g/mol. The molecule has 1 aliphatic carbocycles. The Morgan fingerprint density at radius 1 is 1.07 bits per heavy atom. The van der Waals surface area contributed by atoms with Gasteiger partial charge in [-0.25, -0.2) is 4.79 Å². The highest BCUT2D eigenvalue weighted by Crippen LogP contribution is 2.40. The Bertz CT molecular complexity index is 873. The highest BCUT2D eigenvalue weighted by atomic mass is 16.7. The number of esters is 1. The summed E-state index contributed by atoms with van der Waals surface area (Å²) < 4.78 is 29.4. The average Bonchev–Trinajstić information content (AvgIpc) is 3.26. The molecule has 3 rings (SSSR count). The van der Waals surface area contributed by atoms with E-state index in [1.165, 1.54) is 13.2 Å². The van der Waals surface area contributed by atoms with E-state index in [9.17, 15) is 9.90 Å². The van der Waals surface area contributed by atoms with E-state index in [1.807, 2.05) is 12.2 Å². The van der Waals surface area contributed by atoms with Gasteiger partial charge in [-0.2, -0.15) is 0 Å². The van der Waals surface area contributed by atoms with Gasteiger partial charge in [-0.3, -0.25) is 0 Å². The minimum atomic E-state index is -0.462. The number of aliphatic hydroxyl groups excluding tert-OH is 1. The third-order valence-corrected chi connectivity index (χ3v) is 7.96. The molecule has 40 heavy (non-hydrogen) atoms. The van der Waals surface area contributed by atoms with E-state index in [0.29, 0.717) is 6.42 Å². The van der Waals surface area contributed by atoms with Gasteiger partial charge in [-0.05, 0) is 63.2 Å². The number of carbonyl (C=O) groups excluding carboxylic acids is 1. The Morgan fingerprint density at radius 3 is 2.50 bits per heavy atom. The van der Waals surface area contributed by atoms with Crippen molar-refractivity contribution in [3.63, 3.8) is 0 Å². The first-order chi connectivity index (χ1) is 19.5. The van der Waals surface area contributed by atoms with Crippen molar-refractivity contribution in [2.45, 2.75) is 115 Å². The molecule has 0 radical (unpaired) electrons. The lowest BCUT2D eigenvalue weighted by Crippen LogP contribution is -2.32. The molecule has 7 heteroatoms. The van der Waals surface area contributed by atoms with E-state index in [0.717, 1.165) is 77.4 Å². The highest BCUT2D eigenvalue weighted by molar-refractivity contribution is 5.82. The topological polar surface area (TPSA) is 83.5 Å². The van der Waals surface area contributed by atoms with Crippen LogP contribution in [0.2, 0.25) is 0 Å². The van der Waals surface area contributed by atoms with Crippen LogP contribution in [0.1, 0.15) is 84.5 Å². The van der Waals surface area contributed by atoms with Crippen LogP contribution in [0.25, 0.3) is 0 Å². The zero-order valence-electron chi connectivity index (χ0n) is 24.7. The summed E-state index contributed by atoms with van der Waals surface area (Å²) in [5.41, 5.74) is 0. The fraction of sp³-hybridized carbons (Fsp3) is 0.727. The number of methoxy groups -OCH3 is 1. The number of hydrogen-bond donors (Lipinski definition) is 1. The molecule has 0 aromatic rings. The normalized spacial score (nSPS) is 30.9. The van der Waals surface area contributed by atoms with E-state index in [2.05, 4.69) is 42.6 Å². The van der Waals surface area contributed by atoms with Gasteiger partial charge in [-0.1, -0.05) is 44.2 Å². The molecule has 2 aliphatic heterocycles. The van der Waals surface area contributed by atoms with E-state index in [4.69, 9.17) is 18.9 Å². The smallest absolute Gasteiger partial charge is 0.330 e. The van der Waals surface area contributed by atoms with Crippen LogP contribution in [0.15, 0.2) is 36.5 Å². The molecule has 2 heterocycles. The van der Waals surface area contributed by atoms with E-state index in [1.54, 1.807) is 6.08 Å². The summed E-state index contributed by atoms with van der Waals surface area (Å²) in [7, 11) is 1.36. The second kappa shape index (κ2) is 18.5. The maximum absolute atomic E-state index is 11.3. The van der Waals surface area contributed by atoms with Crippen LogP contribution >= 0.6 is 0 Å². The third kappa shape index (κ3) is 11.1. The van der Waals surface area contributed by atoms with E-state index >= 15 is 0 Å².